The maximum absolute atomic E-state index is 14.2. The predicted molar refractivity (Wildman–Crippen MR) is 129 cm³/mol. The molecule has 3 N–H and O–H groups in total. The Balaban J connectivity index is 1.44. The van der Waals surface area contributed by atoms with Crippen LogP contribution in [-0.4, -0.2) is 71.1 Å². The van der Waals surface area contributed by atoms with Crippen LogP contribution >= 0.6 is 11.6 Å². The van der Waals surface area contributed by atoms with Crippen molar-refractivity contribution in [2.24, 2.45) is 5.10 Å². The molecule has 2 atom stereocenters. The second-order valence-corrected chi connectivity index (χ2v) is 8.88. The molecule has 1 aromatic rings. The van der Waals surface area contributed by atoms with Gasteiger partial charge in [-0.25, -0.2) is 14.8 Å². The van der Waals surface area contributed by atoms with E-state index in [2.05, 4.69) is 25.8 Å². The molecule has 37 heavy (non-hydrogen) atoms. The van der Waals surface area contributed by atoms with Gasteiger partial charge >= 0.3 is 6.18 Å². The fourth-order valence-electron chi connectivity index (χ4n) is 3.85. The summed E-state index contributed by atoms with van der Waals surface area (Å²) in [5.41, 5.74) is 1.97. The van der Waals surface area contributed by atoms with Gasteiger partial charge in [-0.15, -0.1) is 11.6 Å². The molecule has 0 aromatic carbocycles. The summed E-state index contributed by atoms with van der Waals surface area (Å²) in [6.07, 6.45) is 2.43. The molecule has 198 valence electrons. The second-order valence-electron chi connectivity index (χ2n) is 8.35. The van der Waals surface area contributed by atoms with E-state index in [1.54, 1.807) is 4.90 Å². The number of carbonyl (C=O) groups excluding carboxylic acids is 1. The number of nitrogens with zero attached hydrogens (tertiary/aromatic N) is 4. The number of rotatable bonds is 6. The van der Waals surface area contributed by atoms with E-state index in [0.29, 0.717) is 26.3 Å². The summed E-state index contributed by atoms with van der Waals surface area (Å²) in [5.74, 6) is -1.37. The molecule has 0 saturated carbocycles. The number of aromatic nitrogens is 2. The Morgan fingerprint density at radius 2 is 2.08 bits per heavy atom. The molecule has 2 aliphatic carbocycles. The lowest BCUT2D eigenvalue weighted by Crippen LogP contribution is -2.37. The molecule has 3 aliphatic rings. The number of allylic oxidation sites excluding steroid dienone is 5. The molecule has 1 amide bonds. The normalized spacial score (nSPS) is 22.7. The first-order valence-electron chi connectivity index (χ1n) is 11.3. The highest BCUT2D eigenvalue weighted by Gasteiger charge is 2.34. The van der Waals surface area contributed by atoms with Gasteiger partial charge in [-0.2, -0.15) is 23.3 Å². The molecular weight excluding hydrogens is 520 g/mol. The number of aliphatic hydroxyl groups excluding tert-OH is 1. The molecular formula is C23H23ClF4N6O3. The van der Waals surface area contributed by atoms with E-state index < -0.39 is 34.9 Å². The van der Waals surface area contributed by atoms with Crippen molar-refractivity contribution < 1.29 is 32.2 Å². The van der Waals surface area contributed by atoms with E-state index in [1.807, 2.05) is 0 Å². The van der Waals surface area contributed by atoms with Gasteiger partial charge in [0.2, 0.25) is 11.9 Å². The van der Waals surface area contributed by atoms with Gasteiger partial charge in [0.1, 0.15) is 5.76 Å². The van der Waals surface area contributed by atoms with E-state index in [0.717, 1.165) is 18.3 Å². The highest BCUT2D eigenvalue weighted by molar-refractivity contribution is 6.23. The SMILES string of the molecule is O=C(NC1C=C(C(F)(F)F)C=CC1)C1=CC(/C=N\Nc2ncc(F)c(N3CCOCC3)n2)=C(O)C(Cl)C1. The van der Waals surface area contributed by atoms with Gasteiger partial charge in [0, 0.05) is 30.7 Å². The van der Waals surface area contributed by atoms with Crippen molar-refractivity contribution in [3.8, 4) is 0 Å². The summed E-state index contributed by atoms with van der Waals surface area (Å²) in [6.45, 7) is 1.82. The Morgan fingerprint density at radius 3 is 2.81 bits per heavy atom. The molecule has 2 unspecified atom stereocenters. The molecule has 14 heteroatoms. The largest absolute Gasteiger partial charge is 0.510 e. The standard InChI is InChI=1S/C23H23ClF4N6O3/c24-17-9-13(21(36)31-16-3-1-2-15(10-16)23(26,27)28)8-14(19(17)35)11-30-33-22-29-12-18(25)20(32-22)34-4-6-37-7-5-34/h1-2,8,10-12,16-17,35H,3-7,9H2,(H,31,36)(H,29,32,33)/b30-11-. The number of hydrogen-bond acceptors (Lipinski definition) is 8. The van der Waals surface area contributed by atoms with Gasteiger partial charge < -0.3 is 20.1 Å². The van der Waals surface area contributed by atoms with Crippen molar-refractivity contribution >= 4 is 35.5 Å². The number of amides is 1. The summed E-state index contributed by atoms with van der Waals surface area (Å²) in [6, 6.07) is -0.849. The van der Waals surface area contributed by atoms with E-state index in [-0.39, 0.29) is 41.5 Å². The van der Waals surface area contributed by atoms with E-state index in [4.69, 9.17) is 16.3 Å². The van der Waals surface area contributed by atoms with Crippen LogP contribution < -0.4 is 15.6 Å². The van der Waals surface area contributed by atoms with Crippen LogP contribution in [0.5, 0.6) is 0 Å². The maximum atomic E-state index is 14.2. The van der Waals surface area contributed by atoms with Crippen LogP contribution in [0.2, 0.25) is 0 Å². The Morgan fingerprint density at radius 1 is 1.32 bits per heavy atom. The third-order valence-electron chi connectivity index (χ3n) is 5.73. The fraction of sp³-hybridized carbons (Fsp3) is 0.391. The smallest absolute Gasteiger partial charge is 0.416 e. The lowest BCUT2D eigenvalue weighted by molar-refractivity contribution is -0.118. The molecule has 1 aliphatic heterocycles. The Labute approximate surface area is 214 Å². The number of carbonyl (C=O) groups is 1. The van der Waals surface area contributed by atoms with Gasteiger partial charge in [-0.3, -0.25) is 4.79 Å². The fourth-order valence-corrected chi connectivity index (χ4v) is 4.15. The maximum Gasteiger partial charge on any atom is 0.416 e. The molecule has 1 fully saturated rings. The number of halogens is 5. The summed E-state index contributed by atoms with van der Waals surface area (Å²) in [5, 5.41) is 15.9. The summed E-state index contributed by atoms with van der Waals surface area (Å²) < 4.78 is 58.4. The molecule has 0 bridgehead atoms. The highest BCUT2D eigenvalue weighted by Crippen LogP contribution is 2.30. The lowest BCUT2D eigenvalue weighted by Gasteiger charge is -2.27. The van der Waals surface area contributed by atoms with Crippen molar-refractivity contribution in [2.75, 3.05) is 36.6 Å². The molecule has 0 radical (unpaired) electrons. The van der Waals surface area contributed by atoms with E-state index >= 15 is 0 Å². The quantitative estimate of drug-likeness (QED) is 0.218. The summed E-state index contributed by atoms with van der Waals surface area (Å²) in [7, 11) is 0. The first-order valence-corrected chi connectivity index (χ1v) is 11.7. The minimum absolute atomic E-state index is 0.00276. The van der Waals surface area contributed by atoms with Crippen LogP contribution in [0.1, 0.15) is 12.8 Å². The third kappa shape index (κ3) is 6.66. The third-order valence-corrected chi connectivity index (χ3v) is 6.09. The van der Waals surface area contributed by atoms with Crippen LogP contribution in [0.4, 0.5) is 29.3 Å². The van der Waals surface area contributed by atoms with Crippen molar-refractivity contribution in [1.82, 2.24) is 15.3 Å². The number of aliphatic hydroxyl groups is 1. The summed E-state index contributed by atoms with van der Waals surface area (Å²) >= 11 is 6.18. The average molecular weight is 543 g/mol. The zero-order valence-electron chi connectivity index (χ0n) is 19.3. The zero-order valence-corrected chi connectivity index (χ0v) is 20.1. The van der Waals surface area contributed by atoms with E-state index in [9.17, 15) is 27.5 Å². The number of morpholine rings is 1. The Hall–Kier alpha value is -3.45. The molecule has 1 aromatic heterocycles. The summed E-state index contributed by atoms with van der Waals surface area (Å²) in [4.78, 5) is 22.4. The molecule has 2 heterocycles. The van der Waals surface area contributed by atoms with Crippen LogP contribution in [-0.2, 0) is 9.53 Å². The number of hydrogen-bond donors (Lipinski definition) is 3. The molecule has 9 nitrogen and oxygen atoms in total. The predicted octanol–water partition coefficient (Wildman–Crippen LogP) is 3.53. The average Bonchev–Trinajstić information content (AvgIpc) is 2.87. The van der Waals surface area contributed by atoms with Crippen molar-refractivity contribution in [1.29, 1.82) is 0 Å². The first-order chi connectivity index (χ1) is 17.6. The van der Waals surface area contributed by atoms with Crippen LogP contribution in [0.25, 0.3) is 0 Å². The number of anilines is 2. The van der Waals surface area contributed by atoms with E-state index in [1.165, 1.54) is 18.4 Å². The zero-order chi connectivity index (χ0) is 26.6. The second kappa shape index (κ2) is 11.3. The van der Waals surface area contributed by atoms with Crippen molar-refractivity contribution in [3.05, 3.63) is 58.8 Å². The number of ether oxygens (including phenoxy) is 1. The molecule has 0 spiro atoms. The van der Waals surface area contributed by atoms with Gasteiger partial charge in [0.15, 0.2) is 11.6 Å². The van der Waals surface area contributed by atoms with Gasteiger partial charge in [-0.1, -0.05) is 12.2 Å². The number of nitrogens with one attached hydrogen (secondary N) is 2. The Kier molecular flexibility index (Phi) is 8.13. The van der Waals surface area contributed by atoms with Gasteiger partial charge in [0.05, 0.1) is 42.6 Å². The van der Waals surface area contributed by atoms with Crippen molar-refractivity contribution in [3.63, 3.8) is 0 Å². The van der Waals surface area contributed by atoms with Crippen LogP contribution in [0.3, 0.4) is 0 Å². The van der Waals surface area contributed by atoms with Gasteiger partial charge in [0.25, 0.3) is 0 Å². The topological polar surface area (TPSA) is 112 Å². The number of alkyl halides is 4. The first kappa shape index (κ1) is 26.6. The minimum atomic E-state index is -4.52. The Bertz CT molecular complexity index is 1190. The molecule has 1 saturated heterocycles. The van der Waals surface area contributed by atoms with Crippen LogP contribution in [0, 0.1) is 5.82 Å². The minimum Gasteiger partial charge on any atom is -0.510 e. The number of hydrazone groups is 1. The van der Waals surface area contributed by atoms with Crippen molar-refractivity contribution in [2.45, 2.75) is 30.4 Å². The molecule has 4 rings (SSSR count). The highest BCUT2D eigenvalue weighted by atomic mass is 35.5. The van der Waals surface area contributed by atoms with Gasteiger partial charge in [-0.05, 0) is 18.6 Å². The van der Waals surface area contributed by atoms with Crippen LogP contribution in [0.15, 0.2) is 58.1 Å². The lowest BCUT2D eigenvalue weighted by atomic mass is 9.96. The monoisotopic (exact) mass is 542 g/mol.